The number of thiophene rings is 1. The standard InChI is InChI=1S/C19H19N3OS/c1-22(2)18-5-3-4-15(9-18)19(23)21-11-14-8-17(12-20-10-14)16-6-7-24-13-16/h3-10,12-13H,11H2,1-2H3,(H,21,23). The summed E-state index contributed by atoms with van der Waals surface area (Å²) < 4.78 is 0. The summed E-state index contributed by atoms with van der Waals surface area (Å²) in [4.78, 5) is 18.6. The van der Waals surface area contributed by atoms with Crippen LogP contribution in [0, 0.1) is 0 Å². The van der Waals surface area contributed by atoms with Gasteiger partial charge in [0.05, 0.1) is 0 Å². The number of nitrogens with zero attached hydrogens (tertiary/aromatic N) is 2. The van der Waals surface area contributed by atoms with Gasteiger partial charge in [-0.2, -0.15) is 11.3 Å². The van der Waals surface area contributed by atoms with Crippen LogP contribution in [-0.2, 0) is 6.54 Å². The molecule has 24 heavy (non-hydrogen) atoms. The maximum atomic E-state index is 12.4. The molecule has 0 bridgehead atoms. The molecule has 0 aliphatic carbocycles. The lowest BCUT2D eigenvalue weighted by atomic mass is 10.1. The Bertz CT molecular complexity index is 828. The van der Waals surface area contributed by atoms with Crippen molar-refractivity contribution in [3.8, 4) is 11.1 Å². The molecule has 3 aromatic rings. The van der Waals surface area contributed by atoms with Gasteiger partial charge < -0.3 is 10.2 Å². The van der Waals surface area contributed by atoms with Crippen molar-refractivity contribution in [2.24, 2.45) is 0 Å². The summed E-state index contributed by atoms with van der Waals surface area (Å²) in [6.07, 6.45) is 3.63. The molecule has 1 aromatic carbocycles. The maximum absolute atomic E-state index is 12.4. The molecule has 122 valence electrons. The highest BCUT2D eigenvalue weighted by Crippen LogP contribution is 2.22. The van der Waals surface area contributed by atoms with E-state index in [-0.39, 0.29) is 5.91 Å². The first kappa shape index (κ1) is 16.2. The van der Waals surface area contributed by atoms with Gasteiger partial charge in [0.15, 0.2) is 0 Å². The van der Waals surface area contributed by atoms with Gasteiger partial charge in [-0.25, -0.2) is 0 Å². The number of carbonyl (C=O) groups is 1. The topological polar surface area (TPSA) is 45.2 Å². The van der Waals surface area contributed by atoms with Gasteiger partial charge in [0.25, 0.3) is 5.91 Å². The van der Waals surface area contributed by atoms with E-state index in [1.165, 1.54) is 0 Å². The summed E-state index contributed by atoms with van der Waals surface area (Å²) in [7, 11) is 3.91. The molecule has 4 nitrogen and oxygen atoms in total. The maximum Gasteiger partial charge on any atom is 0.251 e. The van der Waals surface area contributed by atoms with Gasteiger partial charge in [-0.1, -0.05) is 6.07 Å². The summed E-state index contributed by atoms with van der Waals surface area (Å²) in [6, 6.07) is 11.7. The Morgan fingerprint density at radius 1 is 1.17 bits per heavy atom. The molecule has 0 radical (unpaired) electrons. The van der Waals surface area contributed by atoms with Crippen LogP contribution < -0.4 is 10.2 Å². The van der Waals surface area contributed by atoms with Crippen molar-refractivity contribution in [2.45, 2.75) is 6.54 Å². The first-order valence-electron chi connectivity index (χ1n) is 7.65. The SMILES string of the molecule is CN(C)c1cccc(C(=O)NCc2cncc(-c3ccsc3)c2)c1. The predicted molar refractivity (Wildman–Crippen MR) is 99.5 cm³/mol. The third kappa shape index (κ3) is 3.81. The molecule has 0 unspecified atom stereocenters. The zero-order valence-corrected chi connectivity index (χ0v) is 14.5. The fourth-order valence-corrected chi connectivity index (χ4v) is 3.05. The number of rotatable bonds is 5. The number of carbonyl (C=O) groups excluding carboxylic acids is 1. The fourth-order valence-electron chi connectivity index (χ4n) is 2.38. The number of benzene rings is 1. The molecule has 1 N–H and O–H groups in total. The highest BCUT2D eigenvalue weighted by Gasteiger charge is 2.08. The van der Waals surface area contributed by atoms with Gasteiger partial charge in [0, 0.05) is 49.8 Å². The predicted octanol–water partition coefficient (Wildman–Crippen LogP) is 3.81. The van der Waals surface area contributed by atoms with E-state index in [0.29, 0.717) is 12.1 Å². The normalized spacial score (nSPS) is 10.4. The lowest BCUT2D eigenvalue weighted by Gasteiger charge is -2.13. The van der Waals surface area contributed by atoms with Crippen LogP contribution in [0.2, 0.25) is 0 Å². The molecular weight excluding hydrogens is 318 g/mol. The molecule has 0 saturated carbocycles. The molecule has 5 heteroatoms. The lowest BCUT2D eigenvalue weighted by Crippen LogP contribution is -2.23. The number of pyridine rings is 1. The smallest absolute Gasteiger partial charge is 0.251 e. The van der Waals surface area contributed by atoms with Crippen molar-refractivity contribution in [3.63, 3.8) is 0 Å². The van der Waals surface area contributed by atoms with Crippen molar-refractivity contribution in [1.82, 2.24) is 10.3 Å². The van der Waals surface area contributed by atoms with E-state index in [4.69, 9.17) is 0 Å². The minimum atomic E-state index is -0.0837. The molecule has 0 aliphatic rings. The lowest BCUT2D eigenvalue weighted by molar-refractivity contribution is 0.0951. The van der Waals surface area contributed by atoms with Crippen LogP contribution in [0.4, 0.5) is 5.69 Å². The third-order valence-corrected chi connectivity index (χ3v) is 4.41. The van der Waals surface area contributed by atoms with E-state index in [1.807, 2.05) is 54.8 Å². The largest absolute Gasteiger partial charge is 0.378 e. The van der Waals surface area contributed by atoms with E-state index >= 15 is 0 Å². The van der Waals surface area contributed by atoms with Crippen molar-refractivity contribution in [1.29, 1.82) is 0 Å². The quantitative estimate of drug-likeness (QED) is 0.770. The minimum absolute atomic E-state index is 0.0837. The molecular formula is C19H19N3OS. The molecule has 0 spiro atoms. The van der Waals surface area contributed by atoms with E-state index in [0.717, 1.165) is 22.4 Å². The average Bonchev–Trinajstić information content (AvgIpc) is 3.15. The van der Waals surface area contributed by atoms with Gasteiger partial charge in [-0.05, 0) is 52.2 Å². The molecule has 3 rings (SSSR count). The van der Waals surface area contributed by atoms with Crippen LogP contribution in [0.3, 0.4) is 0 Å². The Labute approximate surface area is 145 Å². The minimum Gasteiger partial charge on any atom is -0.378 e. The Morgan fingerprint density at radius 2 is 2.04 bits per heavy atom. The molecule has 2 heterocycles. The first-order chi connectivity index (χ1) is 11.6. The fraction of sp³-hybridized carbons (Fsp3) is 0.158. The monoisotopic (exact) mass is 337 g/mol. The summed E-state index contributed by atoms with van der Waals surface area (Å²) in [5.41, 5.74) is 4.86. The molecule has 0 saturated heterocycles. The number of amides is 1. The van der Waals surface area contributed by atoms with Crippen LogP contribution >= 0.6 is 11.3 Å². The van der Waals surface area contributed by atoms with Gasteiger partial charge in [0.2, 0.25) is 0 Å². The number of aromatic nitrogens is 1. The first-order valence-corrected chi connectivity index (χ1v) is 8.60. The number of nitrogens with one attached hydrogen (secondary N) is 1. The van der Waals surface area contributed by atoms with E-state index in [2.05, 4.69) is 27.8 Å². The average molecular weight is 337 g/mol. The van der Waals surface area contributed by atoms with E-state index in [1.54, 1.807) is 17.5 Å². The van der Waals surface area contributed by atoms with Crippen LogP contribution in [0.25, 0.3) is 11.1 Å². The second-order valence-corrected chi connectivity index (χ2v) is 6.50. The molecule has 0 aliphatic heterocycles. The van der Waals surface area contributed by atoms with Gasteiger partial charge in [0.1, 0.15) is 0 Å². The Kier molecular flexibility index (Phi) is 4.91. The zero-order chi connectivity index (χ0) is 16.9. The van der Waals surface area contributed by atoms with Gasteiger partial charge in [-0.3, -0.25) is 9.78 Å². The molecule has 1 amide bonds. The van der Waals surface area contributed by atoms with Crippen LogP contribution in [0.5, 0.6) is 0 Å². The summed E-state index contributed by atoms with van der Waals surface area (Å²) in [5.74, 6) is -0.0837. The highest BCUT2D eigenvalue weighted by molar-refractivity contribution is 7.08. The molecule has 0 atom stereocenters. The Hall–Kier alpha value is -2.66. The van der Waals surface area contributed by atoms with E-state index < -0.39 is 0 Å². The summed E-state index contributed by atoms with van der Waals surface area (Å²) in [5, 5.41) is 7.09. The summed E-state index contributed by atoms with van der Waals surface area (Å²) >= 11 is 1.66. The molecule has 0 fully saturated rings. The van der Waals surface area contributed by atoms with Crippen molar-refractivity contribution in [2.75, 3.05) is 19.0 Å². The third-order valence-electron chi connectivity index (χ3n) is 3.73. The zero-order valence-electron chi connectivity index (χ0n) is 13.7. The highest BCUT2D eigenvalue weighted by atomic mass is 32.1. The van der Waals surface area contributed by atoms with Gasteiger partial charge >= 0.3 is 0 Å². The number of hydrogen-bond donors (Lipinski definition) is 1. The van der Waals surface area contributed by atoms with Crippen molar-refractivity contribution in [3.05, 3.63) is 70.7 Å². The van der Waals surface area contributed by atoms with Crippen LogP contribution in [-0.4, -0.2) is 25.0 Å². The molecule has 2 aromatic heterocycles. The summed E-state index contributed by atoms with van der Waals surface area (Å²) in [6.45, 7) is 0.454. The van der Waals surface area contributed by atoms with Crippen LogP contribution in [0.1, 0.15) is 15.9 Å². The Morgan fingerprint density at radius 3 is 2.79 bits per heavy atom. The second kappa shape index (κ2) is 7.27. The number of hydrogen-bond acceptors (Lipinski definition) is 4. The Balaban J connectivity index is 1.68. The number of anilines is 1. The van der Waals surface area contributed by atoms with Crippen LogP contribution in [0.15, 0.2) is 59.6 Å². The van der Waals surface area contributed by atoms with Crippen molar-refractivity contribution < 1.29 is 4.79 Å². The van der Waals surface area contributed by atoms with Gasteiger partial charge in [-0.15, -0.1) is 0 Å². The van der Waals surface area contributed by atoms with E-state index in [9.17, 15) is 4.79 Å². The van der Waals surface area contributed by atoms with Crippen molar-refractivity contribution >= 4 is 22.9 Å². The second-order valence-electron chi connectivity index (χ2n) is 5.72.